The maximum absolute atomic E-state index is 11.8. The topological polar surface area (TPSA) is 117 Å². The van der Waals surface area contributed by atoms with Crippen molar-refractivity contribution in [2.24, 2.45) is 5.10 Å². The third-order valence-corrected chi connectivity index (χ3v) is 3.23. The number of carboxylic acids is 1. The van der Waals surface area contributed by atoms with Crippen molar-refractivity contribution >= 4 is 29.9 Å². The minimum absolute atomic E-state index is 0.118. The summed E-state index contributed by atoms with van der Waals surface area (Å²) in [5.41, 5.74) is 3.10. The predicted octanol–water partition coefficient (Wildman–Crippen LogP) is 3.52. The molecule has 1 aromatic rings. The fourth-order valence-corrected chi connectivity index (χ4v) is 2.09. The summed E-state index contributed by atoms with van der Waals surface area (Å²) < 4.78 is 5.19. The van der Waals surface area contributed by atoms with Crippen LogP contribution in [0, 0.1) is 0 Å². The zero-order chi connectivity index (χ0) is 20.3. The molecular weight excluding hydrogens is 350 g/mol. The summed E-state index contributed by atoms with van der Waals surface area (Å²) in [5.74, 6) is -1.06. The second kappa shape index (κ2) is 10.9. The Hall–Kier alpha value is -2.90. The number of carbonyl (C=O) groups excluding carboxylic acids is 2. The lowest BCUT2D eigenvalue weighted by Gasteiger charge is -2.19. The SMILES string of the molecule is CC(C)(C)OC(=O)Nc1cccc(/C=N/NC(=O)CCCCCC(=O)O)c1. The summed E-state index contributed by atoms with van der Waals surface area (Å²) >= 11 is 0. The molecule has 1 rings (SSSR count). The Morgan fingerprint density at radius 1 is 1.15 bits per heavy atom. The van der Waals surface area contributed by atoms with E-state index in [1.165, 1.54) is 6.21 Å². The largest absolute Gasteiger partial charge is 0.481 e. The van der Waals surface area contributed by atoms with Gasteiger partial charge in [-0.25, -0.2) is 10.2 Å². The van der Waals surface area contributed by atoms with E-state index in [2.05, 4.69) is 15.8 Å². The average molecular weight is 377 g/mol. The molecule has 0 saturated carbocycles. The van der Waals surface area contributed by atoms with Crippen LogP contribution < -0.4 is 10.7 Å². The van der Waals surface area contributed by atoms with Crippen molar-refractivity contribution in [1.82, 2.24) is 5.43 Å². The highest BCUT2D eigenvalue weighted by molar-refractivity contribution is 5.88. The molecule has 0 aliphatic heterocycles. The van der Waals surface area contributed by atoms with Crippen molar-refractivity contribution in [3.8, 4) is 0 Å². The van der Waals surface area contributed by atoms with Crippen molar-refractivity contribution in [2.75, 3.05) is 5.32 Å². The van der Waals surface area contributed by atoms with Crippen LogP contribution >= 0.6 is 0 Å². The van der Waals surface area contributed by atoms with E-state index in [4.69, 9.17) is 9.84 Å². The van der Waals surface area contributed by atoms with Gasteiger partial charge in [-0.15, -0.1) is 0 Å². The molecule has 27 heavy (non-hydrogen) atoms. The minimum Gasteiger partial charge on any atom is -0.481 e. The first-order valence-electron chi connectivity index (χ1n) is 8.79. The van der Waals surface area contributed by atoms with Gasteiger partial charge in [0.25, 0.3) is 0 Å². The Kier molecular flexibility index (Phi) is 8.98. The Morgan fingerprint density at radius 2 is 1.85 bits per heavy atom. The number of aliphatic carboxylic acids is 1. The second-order valence-corrected chi connectivity index (χ2v) is 7.00. The molecule has 0 radical (unpaired) electrons. The van der Waals surface area contributed by atoms with Crippen molar-refractivity contribution in [1.29, 1.82) is 0 Å². The Morgan fingerprint density at radius 3 is 2.52 bits per heavy atom. The number of nitrogens with one attached hydrogen (secondary N) is 2. The minimum atomic E-state index is -0.826. The third kappa shape index (κ3) is 11.4. The number of rotatable bonds is 9. The molecule has 8 heteroatoms. The summed E-state index contributed by atoms with van der Waals surface area (Å²) in [6, 6.07) is 6.95. The van der Waals surface area contributed by atoms with Crippen LogP contribution in [-0.4, -0.2) is 34.9 Å². The number of unbranched alkanes of at least 4 members (excludes halogenated alkanes) is 2. The molecule has 3 N–H and O–H groups in total. The molecular formula is C19H27N3O5. The van der Waals surface area contributed by atoms with E-state index in [1.54, 1.807) is 45.0 Å². The van der Waals surface area contributed by atoms with E-state index >= 15 is 0 Å². The van der Waals surface area contributed by atoms with Gasteiger partial charge in [-0.2, -0.15) is 5.10 Å². The van der Waals surface area contributed by atoms with Crippen molar-refractivity contribution < 1.29 is 24.2 Å². The van der Waals surface area contributed by atoms with Gasteiger partial charge in [0, 0.05) is 18.5 Å². The van der Waals surface area contributed by atoms with Crippen LogP contribution in [0.4, 0.5) is 10.5 Å². The van der Waals surface area contributed by atoms with Crippen molar-refractivity contribution in [3.05, 3.63) is 29.8 Å². The predicted molar refractivity (Wildman–Crippen MR) is 103 cm³/mol. The molecule has 0 fully saturated rings. The maximum Gasteiger partial charge on any atom is 0.412 e. The number of hydrazone groups is 1. The van der Waals surface area contributed by atoms with Gasteiger partial charge in [0.15, 0.2) is 0 Å². The Balaban J connectivity index is 2.40. The number of benzene rings is 1. The molecule has 0 aliphatic carbocycles. The third-order valence-electron chi connectivity index (χ3n) is 3.23. The molecule has 0 aliphatic rings. The number of amides is 2. The number of carbonyl (C=O) groups is 3. The van der Waals surface area contributed by atoms with Crippen LogP contribution in [0.2, 0.25) is 0 Å². The van der Waals surface area contributed by atoms with Crippen LogP contribution in [-0.2, 0) is 14.3 Å². The van der Waals surface area contributed by atoms with Gasteiger partial charge in [-0.05, 0) is 51.3 Å². The van der Waals surface area contributed by atoms with E-state index < -0.39 is 17.7 Å². The highest BCUT2D eigenvalue weighted by Crippen LogP contribution is 2.13. The quantitative estimate of drug-likeness (QED) is 0.346. The number of ether oxygens (including phenoxy) is 1. The maximum atomic E-state index is 11.8. The molecule has 0 spiro atoms. The van der Waals surface area contributed by atoms with Crippen LogP contribution in [0.5, 0.6) is 0 Å². The van der Waals surface area contributed by atoms with Gasteiger partial charge >= 0.3 is 12.1 Å². The highest BCUT2D eigenvalue weighted by atomic mass is 16.6. The smallest absolute Gasteiger partial charge is 0.412 e. The molecule has 0 unspecified atom stereocenters. The molecule has 0 aromatic heterocycles. The zero-order valence-corrected chi connectivity index (χ0v) is 15.9. The van der Waals surface area contributed by atoms with Crippen LogP contribution in [0.3, 0.4) is 0 Å². The molecule has 1 aromatic carbocycles. The van der Waals surface area contributed by atoms with E-state index in [9.17, 15) is 14.4 Å². The first-order chi connectivity index (χ1) is 12.7. The lowest BCUT2D eigenvalue weighted by Crippen LogP contribution is -2.27. The van der Waals surface area contributed by atoms with Crippen LogP contribution in [0.15, 0.2) is 29.4 Å². The summed E-state index contributed by atoms with van der Waals surface area (Å²) in [7, 11) is 0. The number of carboxylic acid groups (broad SMARTS) is 1. The van der Waals surface area contributed by atoms with Gasteiger partial charge in [0.1, 0.15) is 5.60 Å². The summed E-state index contributed by atoms with van der Waals surface area (Å²) in [5, 5.41) is 15.1. The van der Waals surface area contributed by atoms with Crippen LogP contribution in [0.1, 0.15) is 58.4 Å². The number of hydrogen-bond acceptors (Lipinski definition) is 5. The second-order valence-electron chi connectivity index (χ2n) is 7.00. The van der Waals surface area contributed by atoms with Gasteiger partial charge < -0.3 is 9.84 Å². The first kappa shape index (κ1) is 22.1. The normalized spacial score (nSPS) is 11.2. The summed E-state index contributed by atoms with van der Waals surface area (Å²) in [4.78, 5) is 33.8. The average Bonchev–Trinajstić information content (AvgIpc) is 2.52. The molecule has 2 amide bonds. The van der Waals surface area contributed by atoms with E-state index in [1.807, 2.05) is 0 Å². The Labute approximate surface area is 159 Å². The fraction of sp³-hybridized carbons (Fsp3) is 0.474. The lowest BCUT2D eigenvalue weighted by atomic mass is 10.1. The molecule has 0 saturated heterocycles. The van der Waals surface area contributed by atoms with Gasteiger partial charge in [-0.3, -0.25) is 14.9 Å². The van der Waals surface area contributed by atoms with Gasteiger partial charge in [0.05, 0.1) is 6.21 Å². The Bertz CT molecular complexity index is 680. The van der Waals surface area contributed by atoms with Gasteiger partial charge in [-0.1, -0.05) is 18.6 Å². The van der Waals surface area contributed by atoms with E-state index in [0.29, 0.717) is 30.5 Å². The highest BCUT2D eigenvalue weighted by Gasteiger charge is 2.16. The molecule has 8 nitrogen and oxygen atoms in total. The number of hydrogen-bond donors (Lipinski definition) is 3. The monoisotopic (exact) mass is 377 g/mol. The first-order valence-corrected chi connectivity index (χ1v) is 8.79. The summed E-state index contributed by atoms with van der Waals surface area (Å²) in [6.07, 6.45) is 3.19. The fourth-order valence-electron chi connectivity index (χ4n) is 2.09. The lowest BCUT2D eigenvalue weighted by molar-refractivity contribution is -0.137. The van der Waals surface area contributed by atoms with Crippen molar-refractivity contribution in [2.45, 2.75) is 58.5 Å². The number of anilines is 1. The molecule has 0 atom stereocenters. The molecule has 148 valence electrons. The zero-order valence-electron chi connectivity index (χ0n) is 15.9. The van der Waals surface area contributed by atoms with Crippen molar-refractivity contribution in [3.63, 3.8) is 0 Å². The van der Waals surface area contributed by atoms with Crippen LogP contribution in [0.25, 0.3) is 0 Å². The van der Waals surface area contributed by atoms with E-state index in [0.717, 1.165) is 0 Å². The number of nitrogens with zero attached hydrogens (tertiary/aromatic N) is 1. The van der Waals surface area contributed by atoms with E-state index in [-0.39, 0.29) is 18.7 Å². The van der Waals surface area contributed by atoms with Gasteiger partial charge in [0.2, 0.25) is 5.91 Å². The standard InChI is InChI=1S/C19H27N3O5/c1-19(2,3)27-18(26)21-15-9-7-8-14(12-15)13-20-22-16(23)10-5-4-6-11-17(24)25/h7-9,12-13H,4-6,10-11H2,1-3H3,(H,21,26)(H,22,23)(H,24,25)/b20-13+. The molecule has 0 bridgehead atoms. The summed E-state index contributed by atoms with van der Waals surface area (Å²) in [6.45, 7) is 5.35. The molecule has 0 heterocycles.